The molecular formula is C10H19N3O. The van der Waals surface area contributed by atoms with Gasteiger partial charge >= 0.3 is 0 Å². The Morgan fingerprint density at radius 1 is 1.64 bits per heavy atom. The summed E-state index contributed by atoms with van der Waals surface area (Å²) in [4.78, 5) is 0. The summed E-state index contributed by atoms with van der Waals surface area (Å²) >= 11 is 0. The Labute approximate surface area is 84.7 Å². The molecule has 3 N–H and O–H groups in total. The summed E-state index contributed by atoms with van der Waals surface area (Å²) in [5, 5.41) is 14.3. The normalized spacial score (nSPS) is 15.4. The summed E-state index contributed by atoms with van der Waals surface area (Å²) in [6.45, 7) is 2.33. The third kappa shape index (κ3) is 2.82. The summed E-state index contributed by atoms with van der Waals surface area (Å²) in [7, 11) is 1.87. The van der Waals surface area contributed by atoms with Crippen molar-refractivity contribution in [2.24, 2.45) is 12.8 Å². The summed E-state index contributed by atoms with van der Waals surface area (Å²) < 4.78 is 1.73. The zero-order chi connectivity index (χ0) is 10.6. The van der Waals surface area contributed by atoms with E-state index in [4.69, 9.17) is 5.73 Å². The van der Waals surface area contributed by atoms with E-state index in [-0.39, 0.29) is 6.54 Å². The van der Waals surface area contributed by atoms with Crippen LogP contribution in [0.5, 0.6) is 0 Å². The minimum atomic E-state index is -0.789. The van der Waals surface area contributed by atoms with Gasteiger partial charge in [0, 0.05) is 26.2 Å². The molecule has 0 aliphatic carbocycles. The molecule has 0 radical (unpaired) electrons. The lowest BCUT2D eigenvalue weighted by Gasteiger charge is -2.24. The maximum absolute atomic E-state index is 10.1. The number of hydrogen-bond donors (Lipinski definition) is 2. The van der Waals surface area contributed by atoms with Crippen molar-refractivity contribution in [3.05, 3.63) is 18.0 Å². The fourth-order valence-electron chi connectivity index (χ4n) is 1.62. The molecule has 0 spiro atoms. The van der Waals surface area contributed by atoms with Gasteiger partial charge in [-0.05, 0) is 12.5 Å². The van der Waals surface area contributed by atoms with E-state index in [0.29, 0.717) is 6.42 Å². The fourth-order valence-corrected chi connectivity index (χ4v) is 1.62. The third-order valence-electron chi connectivity index (χ3n) is 2.37. The standard InChI is InChI=1S/C10H19N3O/c1-3-5-10(14,8-11)7-9-4-6-13(2)12-9/h4,6,14H,3,5,7-8,11H2,1-2H3. The van der Waals surface area contributed by atoms with Gasteiger partial charge in [0.2, 0.25) is 0 Å². The molecule has 80 valence electrons. The molecule has 0 aliphatic heterocycles. The molecule has 0 aromatic carbocycles. The molecule has 0 saturated carbocycles. The SMILES string of the molecule is CCCC(O)(CN)Cc1ccn(C)n1. The maximum atomic E-state index is 10.1. The average Bonchev–Trinajstić information content (AvgIpc) is 2.51. The van der Waals surface area contributed by atoms with Crippen molar-refractivity contribution in [3.8, 4) is 0 Å². The van der Waals surface area contributed by atoms with Crippen LogP contribution in [0.25, 0.3) is 0 Å². The second-order valence-electron chi connectivity index (χ2n) is 3.84. The number of aromatic nitrogens is 2. The first-order valence-corrected chi connectivity index (χ1v) is 5.00. The summed E-state index contributed by atoms with van der Waals surface area (Å²) in [6, 6.07) is 1.91. The number of aliphatic hydroxyl groups is 1. The van der Waals surface area contributed by atoms with Crippen LogP contribution in [-0.4, -0.2) is 27.0 Å². The number of nitrogens with two attached hydrogens (primary N) is 1. The van der Waals surface area contributed by atoms with Gasteiger partial charge < -0.3 is 10.8 Å². The first-order chi connectivity index (χ1) is 6.59. The summed E-state index contributed by atoms with van der Waals surface area (Å²) in [5.74, 6) is 0. The highest BCUT2D eigenvalue weighted by atomic mass is 16.3. The highest BCUT2D eigenvalue weighted by Gasteiger charge is 2.25. The van der Waals surface area contributed by atoms with Crippen molar-refractivity contribution in [2.45, 2.75) is 31.8 Å². The molecule has 14 heavy (non-hydrogen) atoms. The van der Waals surface area contributed by atoms with E-state index < -0.39 is 5.60 Å². The van der Waals surface area contributed by atoms with Crippen LogP contribution in [0.1, 0.15) is 25.5 Å². The van der Waals surface area contributed by atoms with Gasteiger partial charge in [0.15, 0.2) is 0 Å². The Kier molecular flexibility index (Phi) is 3.66. The predicted molar refractivity (Wildman–Crippen MR) is 55.8 cm³/mol. The average molecular weight is 197 g/mol. The zero-order valence-electron chi connectivity index (χ0n) is 8.90. The quantitative estimate of drug-likeness (QED) is 0.720. The Morgan fingerprint density at radius 3 is 2.79 bits per heavy atom. The van der Waals surface area contributed by atoms with Crippen LogP contribution in [-0.2, 0) is 13.5 Å². The molecule has 1 aromatic heterocycles. The minimum Gasteiger partial charge on any atom is -0.388 e. The zero-order valence-corrected chi connectivity index (χ0v) is 8.90. The van der Waals surface area contributed by atoms with E-state index in [9.17, 15) is 5.11 Å². The second-order valence-corrected chi connectivity index (χ2v) is 3.84. The van der Waals surface area contributed by atoms with E-state index >= 15 is 0 Å². The largest absolute Gasteiger partial charge is 0.388 e. The summed E-state index contributed by atoms with van der Waals surface area (Å²) in [5.41, 5.74) is 5.67. The predicted octanol–water partition coefficient (Wildman–Crippen LogP) is 0.452. The highest BCUT2D eigenvalue weighted by Crippen LogP contribution is 2.16. The molecule has 1 aromatic rings. The van der Waals surface area contributed by atoms with Crippen molar-refractivity contribution in [3.63, 3.8) is 0 Å². The second kappa shape index (κ2) is 4.57. The molecule has 0 amide bonds. The monoisotopic (exact) mass is 197 g/mol. The van der Waals surface area contributed by atoms with E-state index in [1.165, 1.54) is 0 Å². The first-order valence-electron chi connectivity index (χ1n) is 5.00. The van der Waals surface area contributed by atoms with E-state index in [1.807, 2.05) is 26.2 Å². The first kappa shape index (κ1) is 11.2. The smallest absolute Gasteiger partial charge is 0.0825 e. The van der Waals surface area contributed by atoms with Crippen LogP contribution in [0.3, 0.4) is 0 Å². The fraction of sp³-hybridized carbons (Fsp3) is 0.700. The van der Waals surface area contributed by atoms with Crippen LogP contribution in [0.2, 0.25) is 0 Å². The summed E-state index contributed by atoms with van der Waals surface area (Å²) in [6.07, 6.45) is 4.07. The van der Waals surface area contributed by atoms with Gasteiger partial charge in [-0.25, -0.2) is 0 Å². The van der Waals surface area contributed by atoms with Gasteiger partial charge in [-0.3, -0.25) is 4.68 Å². The molecule has 4 heteroatoms. The Bertz CT molecular complexity index is 285. The van der Waals surface area contributed by atoms with Gasteiger partial charge in [-0.2, -0.15) is 5.10 Å². The van der Waals surface area contributed by atoms with Crippen LogP contribution < -0.4 is 5.73 Å². The van der Waals surface area contributed by atoms with Crippen LogP contribution in [0.4, 0.5) is 0 Å². The lowest BCUT2D eigenvalue weighted by Crippen LogP contribution is -2.39. The lowest BCUT2D eigenvalue weighted by molar-refractivity contribution is 0.0388. The molecule has 0 fully saturated rings. The van der Waals surface area contributed by atoms with Crippen molar-refractivity contribution >= 4 is 0 Å². The highest BCUT2D eigenvalue weighted by molar-refractivity contribution is 5.04. The van der Waals surface area contributed by atoms with Crippen molar-refractivity contribution in [1.82, 2.24) is 9.78 Å². The number of hydrogen-bond acceptors (Lipinski definition) is 3. The molecule has 0 aliphatic rings. The van der Waals surface area contributed by atoms with Crippen LogP contribution in [0.15, 0.2) is 12.3 Å². The van der Waals surface area contributed by atoms with Gasteiger partial charge in [0.1, 0.15) is 0 Å². The van der Waals surface area contributed by atoms with E-state index in [2.05, 4.69) is 5.10 Å². The number of aryl methyl sites for hydroxylation is 1. The molecular weight excluding hydrogens is 178 g/mol. The number of nitrogens with zero attached hydrogens (tertiary/aromatic N) is 2. The third-order valence-corrected chi connectivity index (χ3v) is 2.37. The maximum Gasteiger partial charge on any atom is 0.0825 e. The van der Waals surface area contributed by atoms with Crippen LogP contribution in [0, 0.1) is 0 Å². The Hall–Kier alpha value is -0.870. The molecule has 0 bridgehead atoms. The van der Waals surface area contributed by atoms with E-state index in [1.54, 1.807) is 4.68 Å². The Morgan fingerprint density at radius 2 is 2.36 bits per heavy atom. The van der Waals surface area contributed by atoms with Gasteiger partial charge in [0.05, 0.1) is 11.3 Å². The Balaban J connectivity index is 2.64. The lowest BCUT2D eigenvalue weighted by atomic mass is 9.93. The molecule has 1 rings (SSSR count). The van der Waals surface area contributed by atoms with Crippen molar-refractivity contribution < 1.29 is 5.11 Å². The minimum absolute atomic E-state index is 0.289. The van der Waals surface area contributed by atoms with E-state index in [0.717, 1.165) is 18.5 Å². The molecule has 1 atom stereocenters. The molecule has 1 unspecified atom stereocenters. The van der Waals surface area contributed by atoms with Crippen molar-refractivity contribution in [1.29, 1.82) is 0 Å². The molecule has 1 heterocycles. The number of rotatable bonds is 5. The topological polar surface area (TPSA) is 64.1 Å². The van der Waals surface area contributed by atoms with Gasteiger partial charge in [-0.1, -0.05) is 13.3 Å². The van der Waals surface area contributed by atoms with Crippen LogP contribution >= 0.6 is 0 Å². The molecule has 4 nitrogen and oxygen atoms in total. The van der Waals surface area contributed by atoms with Gasteiger partial charge in [0.25, 0.3) is 0 Å². The van der Waals surface area contributed by atoms with Crippen molar-refractivity contribution in [2.75, 3.05) is 6.54 Å². The van der Waals surface area contributed by atoms with Gasteiger partial charge in [-0.15, -0.1) is 0 Å². The molecule has 0 saturated heterocycles.